The molecular weight excluding hydrogens is 400 g/mol. The lowest BCUT2D eigenvalue weighted by Gasteiger charge is -2.08. The lowest BCUT2D eigenvalue weighted by molar-refractivity contribution is 0.304. The summed E-state index contributed by atoms with van der Waals surface area (Å²) in [5, 5.41) is 16.3. The van der Waals surface area contributed by atoms with Gasteiger partial charge in [-0.25, -0.2) is 0 Å². The minimum absolute atomic E-state index is 0.359. The van der Waals surface area contributed by atoms with Gasteiger partial charge in [-0.05, 0) is 41.1 Å². The number of methoxy groups -OCH3 is 2. The second-order valence-corrected chi connectivity index (χ2v) is 7.62. The summed E-state index contributed by atoms with van der Waals surface area (Å²) in [6, 6.07) is 19.9. The Bertz CT molecular complexity index is 1340. The van der Waals surface area contributed by atoms with Crippen molar-refractivity contribution in [1.29, 1.82) is 0 Å². The van der Waals surface area contributed by atoms with E-state index in [9.17, 15) is 0 Å². The van der Waals surface area contributed by atoms with E-state index in [4.69, 9.17) is 14.2 Å². The van der Waals surface area contributed by atoms with Gasteiger partial charge in [0.15, 0.2) is 22.3 Å². The highest BCUT2D eigenvalue weighted by Crippen LogP contribution is 2.32. The van der Waals surface area contributed by atoms with Crippen LogP contribution >= 0.6 is 11.3 Å². The lowest BCUT2D eigenvalue weighted by Crippen LogP contribution is -1.98. The second kappa shape index (κ2) is 7.64. The molecular formula is C22H18N4O3S. The Morgan fingerprint density at radius 3 is 2.53 bits per heavy atom. The molecule has 0 aliphatic rings. The Morgan fingerprint density at radius 1 is 0.867 bits per heavy atom. The van der Waals surface area contributed by atoms with Gasteiger partial charge in [0.2, 0.25) is 4.96 Å². The molecule has 5 rings (SSSR count). The first-order valence-electron chi connectivity index (χ1n) is 9.30. The zero-order valence-electron chi connectivity index (χ0n) is 16.4. The van der Waals surface area contributed by atoms with Gasteiger partial charge < -0.3 is 14.2 Å². The fourth-order valence-corrected chi connectivity index (χ4v) is 4.02. The molecule has 150 valence electrons. The first kappa shape index (κ1) is 18.4. The van der Waals surface area contributed by atoms with Crippen LogP contribution < -0.4 is 14.2 Å². The third-order valence-electron chi connectivity index (χ3n) is 4.76. The van der Waals surface area contributed by atoms with Crippen molar-refractivity contribution in [2.24, 2.45) is 0 Å². The molecule has 0 amide bonds. The van der Waals surface area contributed by atoms with Crippen LogP contribution in [0.1, 0.15) is 5.01 Å². The van der Waals surface area contributed by atoms with Crippen molar-refractivity contribution >= 4 is 27.1 Å². The maximum atomic E-state index is 5.96. The van der Waals surface area contributed by atoms with Crippen LogP contribution in [0.25, 0.3) is 27.1 Å². The largest absolute Gasteiger partial charge is 0.493 e. The van der Waals surface area contributed by atoms with Crippen LogP contribution in [0.4, 0.5) is 0 Å². The average Bonchev–Trinajstić information content (AvgIpc) is 3.37. The minimum atomic E-state index is 0.359. The van der Waals surface area contributed by atoms with Crippen molar-refractivity contribution in [2.45, 2.75) is 6.61 Å². The quantitative estimate of drug-likeness (QED) is 0.401. The standard InChI is InChI=1S/C22H18N4O3S/c1-27-18-10-8-16(12-19(18)28-2)21-23-24-22-26(21)25-20(30-22)13-29-17-9-7-14-5-3-4-6-15(14)11-17/h3-12H,13H2,1-2H3. The smallest absolute Gasteiger partial charge is 0.235 e. The van der Waals surface area contributed by atoms with E-state index in [1.54, 1.807) is 18.7 Å². The third-order valence-corrected chi connectivity index (χ3v) is 5.63. The topological polar surface area (TPSA) is 70.8 Å². The average molecular weight is 418 g/mol. The first-order valence-corrected chi connectivity index (χ1v) is 10.1. The summed E-state index contributed by atoms with van der Waals surface area (Å²) in [6.07, 6.45) is 0. The van der Waals surface area contributed by atoms with Crippen LogP contribution in [0, 0.1) is 0 Å². The fraction of sp³-hybridized carbons (Fsp3) is 0.136. The van der Waals surface area contributed by atoms with Crippen LogP contribution in [0.3, 0.4) is 0 Å². The molecule has 0 saturated carbocycles. The van der Waals surface area contributed by atoms with Gasteiger partial charge in [0, 0.05) is 5.56 Å². The van der Waals surface area contributed by atoms with Gasteiger partial charge in [-0.3, -0.25) is 0 Å². The molecule has 0 radical (unpaired) electrons. The molecule has 0 saturated heterocycles. The molecule has 0 atom stereocenters. The molecule has 0 fully saturated rings. The van der Waals surface area contributed by atoms with Gasteiger partial charge in [-0.2, -0.15) is 9.61 Å². The Labute approximate surface area is 176 Å². The fourth-order valence-electron chi connectivity index (χ4n) is 3.27. The summed E-state index contributed by atoms with van der Waals surface area (Å²) < 4.78 is 18.4. The highest BCUT2D eigenvalue weighted by atomic mass is 32.1. The van der Waals surface area contributed by atoms with E-state index in [2.05, 4.69) is 33.5 Å². The van der Waals surface area contributed by atoms with Crippen molar-refractivity contribution in [3.8, 4) is 28.6 Å². The van der Waals surface area contributed by atoms with Crippen molar-refractivity contribution in [3.63, 3.8) is 0 Å². The van der Waals surface area contributed by atoms with Crippen LogP contribution in [0.15, 0.2) is 60.7 Å². The predicted octanol–water partition coefficient (Wildman–Crippen LogP) is 4.60. The normalized spacial score (nSPS) is 11.1. The molecule has 0 unspecified atom stereocenters. The number of hydrogen-bond donors (Lipinski definition) is 0. The van der Waals surface area contributed by atoms with Gasteiger partial charge >= 0.3 is 0 Å². The number of aromatic nitrogens is 4. The Kier molecular flexibility index (Phi) is 4.68. The lowest BCUT2D eigenvalue weighted by atomic mass is 10.1. The van der Waals surface area contributed by atoms with E-state index in [0.29, 0.717) is 28.9 Å². The highest BCUT2D eigenvalue weighted by Gasteiger charge is 2.16. The van der Waals surface area contributed by atoms with Crippen molar-refractivity contribution in [2.75, 3.05) is 14.2 Å². The molecule has 7 nitrogen and oxygen atoms in total. The van der Waals surface area contributed by atoms with E-state index in [1.807, 2.05) is 42.5 Å². The number of benzene rings is 3. The zero-order valence-corrected chi connectivity index (χ0v) is 17.2. The SMILES string of the molecule is COc1ccc(-c2nnc3sc(COc4ccc5ccccc5c4)nn23)cc1OC. The minimum Gasteiger partial charge on any atom is -0.493 e. The van der Waals surface area contributed by atoms with Gasteiger partial charge in [-0.15, -0.1) is 10.2 Å². The molecule has 5 aromatic rings. The molecule has 0 aliphatic carbocycles. The summed E-state index contributed by atoms with van der Waals surface area (Å²) in [7, 11) is 3.21. The summed E-state index contributed by atoms with van der Waals surface area (Å²) >= 11 is 1.45. The molecule has 8 heteroatoms. The predicted molar refractivity (Wildman–Crippen MR) is 115 cm³/mol. The van der Waals surface area contributed by atoms with Gasteiger partial charge in [-0.1, -0.05) is 41.7 Å². The van der Waals surface area contributed by atoms with E-state index in [0.717, 1.165) is 21.7 Å². The molecule has 0 aliphatic heterocycles. The van der Waals surface area contributed by atoms with Crippen molar-refractivity contribution in [3.05, 3.63) is 65.7 Å². The summed E-state index contributed by atoms with van der Waals surface area (Å²) in [5.41, 5.74) is 0.840. The van der Waals surface area contributed by atoms with Crippen LogP contribution in [-0.4, -0.2) is 34.0 Å². The monoisotopic (exact) mass is 418 g/mol. The van der Waals surface area contributed by atoms with E-state index in [-0.39, 0.29) is 0 Å². The Morgan fingerprint density at radius 2 is 1.70 bits per heavy atom. The number of rotatable bonds is 6. The van der Waals surface area contributed by atoms with Gasteiger partial charge in [0.1, 0.15) is 12.4 Å². The maximum absolute atomic E-state index is 5.96. The van der Waals surface area contributed by atoms with E-state index < -0.39 is 0 Å². The summed E-state index contributed by atoms with van der Waals surface area (Å²) in [4.78, 5) is 0.705. The molecule has 0 N–H and O–H groups in total. The Hall–Kier alpha value is -3.65. The number of hydrogen-bond acceptors (Lipinski definition) is 7. The molecule has 2 aromatic heterocycles. The molecule has 3 aromatic carbocycles. The summed E-state index contributed by atoms with van der Waals surface area (Å²) in [6.45, 7) is 0.359. The molecule has 0 spiro atoms. The molecule has 2 heterocycles. The van der Waals surface area contributed by atoms with E-state index in [1.165, 1.54) is 16.7 Å². The number of ether oxygens (including phenoxy) is 3. The number of nitrogens with zero attached hydrogens (tertiary/aromatic N) is 4. The van der Waals surface area contributed by atoms with Gasteiger partial charge in [0.05, 0.1) is 14.2 Å². The maximum Gasteiger partial charge on any atom is 0.235 e. The van der Waals surface area contributed by atoms with E-state index >= 15 is 0 Å². The zero-order chi connectivity index (χ0) is 20.5. The van der Waals surface area contributed by atoms with Crippen LogP contribution in [-0.2, 0) is 6.61 Å². The third kappa shape index (κ3) is 3.31. The van der Waals surface area contributed by atoms with Crippen LogP contribution in [0.2, 0.25) is 0 Å². The Balaban J connectivity index is 1.40. The van der Waals surface area contributed by atoms with Crippen molar-refractivity contribution in [1.82, 2.24) is 19.8 Å². The number of fused-ring (bicyclic) bond motifs is 2. The van der Waals surface area contributed by atoms with Crippen molar-refractivity contribution < 1.29 is 14.2 Å². The summed E-state index contributed by atoms with van der Waals surface area (Å²) in [5.74, 6) is 2.73. The molecule has 0 bridgehead atoms. The first-order chi connectivity index (χ1) is 14.7. The highest BCUT2D eigenvalue weighted by molar-refractivity contribution is 7.16. The van der Waals surface area contributed by atoms with Crippen LogP contribution in [0.5, 0.6) is 17.2 Å². The second-order valence-electron chi connectivity index (χ2n) is 6.58. The molecule has 30 heavy (non-hydrogen) atoms. The van der Waals surface area contributed by atoms with Gasteiger partial charge in [0.25, 0.3) is 0 Å².